The molecule has 6 rings (SSSR count). The van der Waals surface area contributed by atoms with Gasteiger partial charge in [-0.1, -0.05) is 36.3 Å². The second-order valence-corrected chi connectivity index (χ2v) is 14.4. The number of carbonyl (C=O) groups is 4. The van der Waals surface area contributed by atoms with E-state index in [4.69, 9.17) is 4.74 Å². The average molecular weight is 614 g/mol. The first-order chi connectivity index (χ1) is 20.6. The molecule has 0 unspecified atom stereocenters. The molecule has 0 radical (unpaired) electrons. The quantitative estimate of drug-likeness (QED) is 0.440. The fraction of sp³-hybridized carbons (Fsp3) is 0.600. The van der Waals surface area contributed by atoms with Gasteiger partial charge in [-0.3, -0.25) is 19.2 Å². The Kier molecular flexibility index (Phi) is 7.86. The molecular weight excluding hydrogens is 574 g/mol. The number of rotatable bonds is 4. The third-order valence-corrected chi connectivity index (χ3v) is 10.9. The summed E-state index contributed by atoms with van der Waals surface area (Å²) in [5.74, 6) is -1.71. The Bertz CT molecular complexity index is 1460. The number of benzene rings is 1. The summed E-state index contributed by atoms with van der Waals surface area (Å²) >= 11 is 0. The number of hydrogen-bond acceptors (Lipinski definition) is 7. The van der Waals surface area contributed by atoms with Crippen LogP contribution in [0.15, 0.2) is 30.4 Å². The predicted octanol–water partition coefficient (Wildman–Crippen LogP) is 2.26. The van der Waals surface area contributed by atoms with Gasteiger partial charge in [0.05, 0.1) is 17.5 Å². The molecule has 0 bridgehead atoms. The lowest BCUT2D eigenvalue weighted by molar-refractivity contribution is -0.131. The standard InChI is InChI=1S/C30H39N5O7S/c1-19-8-11-24-20(15-19)12-14-34(24)29(39)42-22-16-25-26(36)32-30(27(37)33-43(40,41)23-9-10-23)17-21(30)7-5-3-2-4-6-13-31-28(38)35(25)18-22/h5,7-8,11,15,21-23,25H,2-4,6,9-10,12-14,16-18H2,1H3,(H,31,38)(H,32,36)(H,33,37)/b7-5-/t21-,22+,25-,30+/m0/s1. The molecular formula is C30H39N5O7S. The van der Waals surface area contributed by atoms with Crippen LogP contribution < -0.4 is 20.3 Å². The van der Waals surface area contributed by atoms with Crippen LogP contribution in [-0.2, 0) is 30.8 Å². The minimum atomic E-state index is -3.82. The van der Waals surface area contributed by atoms with Crippen molar-refractivity contribution in [2.45, 2.75) is 87.6 Å². The Morgan fingerprint density at radius 1 is 1.14 bits per heavy atom. The van der Waals surface area contributed by atoms with Crippen LogP contribution in [0, 0.1) is 12.8 Å². The number of allylic oxidation sites excluding steroid dienone is 1. The van der Waals surface area contributed by atoms with E-state index in [-0.39, 0.29) is 25.3 Å². The number of ether oxygens (including phenoxy) is 1. The summed E-state index contributed by atoms with van der Waals surface area (Å²) in [6.45, 7) is 2.93. The van der Waals surface area contributed by atoms with Crippen LogP contribution in [0.1, 0.15) is 62.5 Å². The van der Waals surface area contributed by atoms with Crippen LogP contribution in [-0.4, -0.2) is 79.8 Å². The van der Waals surface area contributed by atoms with E-state index in [0.29, 0.717) is 32.4 Å². The van der Waals surface area contributed by atoms with Crippen molar-refractivity contribution in [3.8, 4) is 0 Å². The van der Waals surface area contributed by atoms with Gasteiger partial charge in [-0.2, -0.15) is 0 Å². The number of sulfonamides is 1. The van der Waals surface area contributed by atoms with Crippen molar-refractivity contribution >= 4 is 39.6 Å². The molecule has 1 aromatic carbocycles. The molecule has 2 saturated carbocycles. The number of nitrogens with zero attached hydrogens (tertiary/aromatic N) is 2. The molecule has 43 heavy (non-hydrogen) atoms. The molecule has 3 fully saturated rings. The number of fused-ring (bicyclic) bond motifs is 3. The number of nitrogens with one attached hydrogen (secondary N) is 3. The van der Waals surface area contributed by atoms with E-state index in [9.17, 15) is 27.6 Å². The largest absolute Gasteiger partial charge is 0.444 e. The maximum Gasteiger partial charge on any atom is 0.414 e. The monoisotopic (exact) mass is 613 g/mol. The van der Waals surface area contributed by atoms with Gasteiger partial charge < -0.3 is 20.3 Å². The lowest BCUT2D eigenvalue weighted by Gasteiger charge is -2.26. The summed E-state index contributed by atoms with van der Waals surface area (Å²) in [7, 11) is -3.82. The fourth-order valence-electron chi connectivity index (χ4n) is 6.37. The van der Waals surface area contributed by atoms with Gasteiger partial charge in [-0.15, -0.1) is 0 Å². The molecule has 5 aliphatic rings. The maximum atomic E-state index is 13.8. The van der Waals surface area contributed by atoms with Crippen LogP contribution in [0.25, 0.3) is 0 Å². The number of hydrogen-bond donors (Lipinski definition) is 3. The highest BCUT2D eigenvalue weighted by Crippen LogP contribution is 2.46. The smallest absolute Gasteiger partial charge is 0.414 e. The second kappa shape index (κ2) is 11.5. The summed E-state index contributed by atoms with van der Waals surface area (Å²) in [4.78, 5) is 56.6. The molecule has 3 aliphatic heterocycles. The Morgan fingerprint density at radius 3 is 2.74 bits per heavy atom. The van der Waals surface area contributed by atoms with Crippen LogP contribution >= 0.6 is 0 Å². The third kappa shape index (κ3) is 6.09. The minimum Gasteiger partial charge on any atom is -0.444 e. The highest BCUT2D eigenvalue weighted by Gasteiger charge is 2.62. The van der Waals surface area contributed by atoms with Crippen LogP contribution in [0.2, 0.25) is 0 Å². The van der Waals surface area contributed by atoms with Gasteiger partial charge in [-0.25, -0.2) is 18.0 Å². The molecule has 5 amide bonds. The topological polar surface area (TPSA) is 154 Å². The normalized spacial score (nSPS) is 30.0. The summed E-state index contributed by atoms with van der Waals surface area (Å²) in [6, 6.07) is 4.43. The maximum absolute atomic E-state index is 13.8. The number of aryl methyl sites for hydroxylation is 1. The van der Waals surface area contributed by atoms with Crippen molar-refractivity contribution in [1.82, 2.24) is 20.3 Å². The molecule has 1 saturated heterocycles. The number of carbonyl (C=O) groups excluding carboxylic acids is 4. The summed E-state index contributed by atoms with van der Waals surface area (Å²) < 4.78 is 33.2. The number of urea groups is 1. The molecule has 2 aliphatic carbocycles. The summed E-state index contributed by atoms with van der Waals surface area (Å²) in [5, 5.41) is 5.11. The van der Waals surface area contributed by atoms with Gasteiger partial charge in [0.15, 0.2) is 0 Å². The Hall–Kier alpha value is -3.61. The van der Waals surface area contributed by atoms with Gasteiger partial charge in [0.1, 0.15) is 17.7 Å². The van der Waals surface area contributed by atoms with Crippen molar-refractivity contribution in [2.24, 2.45) is 5.92 Å². The molecule has 13 heteroatoms. The third-order valence-electron chi connectivity index (χ3n) is 9.10. The fourth-order valence-corrected chi connectivity index (χ4v) is 7.73. The molecule has 3 heterocycles. The molecule has 0 spiro atoms. The van der Waals surface area contributed by atoms with E-state index in [2.05, 4.69) is 15.4 Å². The number of anilines is 1. The van der Waals surface area contributed by atoms with Crippen LogP contribution in [0.5, 0.6) is 0 Å². The SMILES string of the molecule is Cc1ccc2c(c1)CCN2C(=O)O[C@@H]1C[C@H]2C(=O)N[C@]3(C(=O)NS(=O)(=O)C4CC4)C[C@@H]3/C=C\CCCCCNC(=O)N2C1. The summed E-state index contributed by atoms with van der Waals surface area (Å²) in [6.07, 6.45) is 7.92. The molecule has 4 atom stereocenters. The zero-order valence-corrected chi connectivity index (χ0v) is 25.2. The first-order valence-corrected chi connectivity index (χ1v) is 16.8. The van der Waals surface area contributed by atoms with Gasteiger partial charge in [0.2, 0.25) is 15.9 Å². The van der Waals surface area contributed by atoms with Crippen molar-refractivity contribution < 1.29 is 32.3 Å². The first kappa shape index (κ1) is 29.5. The minimum absolute atomic E-state index is 0.0167. The Balaban J connectivity index is 1.20. The molecule has 232 valence electrons. The molecule has 12 nitrogen and oxygen atoms in total. The molecule has 1 aromatic rings. The lowest BCUT2D eigenvalue weighted by atomic mass is 10.1. The van der Waals surface area contributed by atoms with Crippen molar-refractivity contribution in [3.05, 3.63) is 41.5 Å². The van der Waals surface area contributed by atoms with E-state index >= 15 is 0 Å². The van der Waals surface area contributed by atoms with Gasteiger partial charge in [0.25, 0.3) is 5.91 Å². The van der Waals surface area contributed by atoms with E-state index in [0.717, 1.165) is 42.5 Å². The van der Waals surface area contributed by atoms with Gasteiger partial charge in [-0.05, 0) is 63.5 Å². The zero-order valence-electron chi connectivity index (χ0n) is 24.3. The van der Waals surface area contributed by atoms with Crippen molar-refractivity contribution in [3.63, 3.8) is 0 Å². The Labute approximate surface area is 251 Å². The molecule has 0 aromatic heterocycles. The average Bonchev–Trinajstić information content (AvgIpc) is 3.85. The number of amides is 5. The van der Waals surface area contributed by atoms with Crippen molar-refractivity contribution in [1.29, 1.82) is 0 Å². The lowest BCUT2D eigenvalue weighted by Crippen LogP contribution is -2.57. The van der Waals surface area contributed by atoms with Crippen LogP contribution in [0.3, 0.4) is 0 Å². The van der Waals surface area contributed by atoms with E-state index in [1.54, 1.807) is 4.90 Å². The van der Waals surface area contributed by atoms with E-state index in [1.807, 2.05) is 37.3 Å². The van der Waals surface area contributed by atoms with Crippen molar-refractivity contribution in [2.75, 3.05) is 24.5 Å². The van der Waals surface area contributed by atoms with E-state index < -0.39 is 56.9 Å². The molecule has 3 N–H and O–H groups in total. The first-order valence-electron chi connectivity index (χ1n) is 15.2. The highest BCUT2D eigenvalue weighted by molar-refractivity contribution is 7.91. The second-order valence-electron chi connectivity index (χ2n) is 12.4. The summed E-state index contributed by atoms with van der Waals surface area (Å²) in [5.41, 5.74) is 1.54. The Morgan fingerprint density at radius 2 is 1.95 bits per heavy atom. The highest BCUT2D eigenvalue weighted by atomic mass is 32.2. The van der Waals surface area contributed by atoms with Gasteiger partial charge >= 0.3 is 12.1 Å². The van der Waals surface area contributed by atoms with Gasteiger partial charge in [0, 0.05) is 25.4 Å². The predicted molar refractivity (Wildman–Crippen MR) is 158 cm³/mol. The van der Waals surface area contributed by atoms with E-state index in [1.165, 1.54) is 4.90 Å². The zero-order chi connectivity index (χ0) is 30.4. The van der Waals surface area contributed by atoms with Crippen LogP contribution in [0.4, 0.5) is 15.3 Å².